The number of methoxy groups -OCH3 is 1. The van der Waals surface area contributed by atoms with Gasteiger partial charge in [0.1, 0.15) is 24.6 Å². The van der Waals surface area contributed by atoms with Gasteiger partial charge in [0.2, 0.25) is 0 Å². The van der Waals surface area contributed by atoms with E-state index >= 15 is 0 Å². The molecule has 0 aliphatic rings. The number of carbonyl (C=O) groups is 3. The molecule has 0 saturated heterocycles. The standard InChI is InChI=1S/C37H36N2O6/c1-22-24(3)33(36(41)44-20-26-12-8-6-9-13-26)38-31(22)30(28-16-18-29(19-17-28)35(40)43-5)32-23(2)25(4)34(39-32)37(42)45-21-27-14-10-7-11-15-27/h6-19,30,38-39H,20-21H2,1-5H3. The molecule has 5 rings (SSSR count). The zero-order valence-electron chi connectivity index (χ0n) is 26.0. The number of hydrogen-bond acceptors (Lipinski definition) is 6. The summed E-state index contributed by atoms with van der Waals surface area (Å²) in [5.74, 6) is -1.81. The van der Waals surface area contributed by atoms with Crippen molar-refractivity contribution in [2.24, 2.45) is 0 Å². The van der Waals surface area contributed by atoms with Crippen molar-refractivity contribution in [3.8, 4) is 0 Å². The minimum atomic E-state index is -0.463. The van der Waals surface area contributed by atoms with Crippen LogP contribution in [0.1, 0.15) is 87.6 Å². The molecule has 3 aromatic carbocycles. The van der Waals surface area contributed by atoms with Gasteiger partial charge in [0.25, 0.3) is 0 Å². The fourth-order valence-electron chi connectivity index (χ4n) is 5.41. The van der Waals surface area contributed by atoms with Crippen LogP contribution in [0.5, 0.6) is 0 Å². The van der Waals surface area contributed by atoms with Gasteiger partial charge >= 0.3 is 17.9 Å². The van der Waals surface area contributed by atoms with Gasteiger partial charge in [-0.2, -0.15) is 0 Å². The second-order valence-electron chi connectivity index (χ2n) is 11.0. The van der Waals surface area contributed by atoms with Crippen LogP contribution in [0.2, 0.25) is 0 Å². The molecule has 5 aromatic rings. The third-order valence-electron chi connectivity index (χ3n) is 8.28. The fraction of sp³-hybridized carbons (Fsp3) is 0.216. The van der Waals surface area contributed by atoms with Crippen molar-refractivity contribution < 1.29 is 28.6 Å². The van der Waals surface area contributed by atoms with E-state index in [9.17, 15) is 14.4 Å². The summed E-state index contributed by atoms with van der Waals surface area (Å²) in [5, 5.41) is 0. The van der Waals surface area contributed by atoms with E-state index in [1.165, 1.54) is 7.11 Å². The Morgan fingerprint density at radius 3 is 1.40 bits per heavy atom. The van der Waals surface area contributed by atoms with E-state index < -0.39 is 23.8 Å². The molecule has 0 radical (unpaired) electrons. The normalized spacial score (nSPS) is 11.0. The lowest BCUT2D eigenvalue weighted by atomic mass is 9.87. The van der Waals surface area contributed by atoms with E-state index in [1.54, 1.807) is 12.1 Å². The summed E-state index contributed by atoms with van der Waals surface area (Å²) in [6, 6.07) is 26.1. The van der Waals surface area contributed by atoms with Crippen LogP contribution in [0.3, 0.4) is 0 Å². The lowest BCUT2D eigenvalue weighted by Gasteiger charge is -2.19. The van der Waals surface area contributed by atoms with Gasteiger partial charge < -0.3 is 24.2 Å². The summed E-state index contributed by atoms with van der Waals surface area (Å²) in [6.45, 7) is 7.95. The maximum Gasteiger partial charge on any atom is 0.355 e. The van der Waals surface area contributed by atoms with E-state index in [0.717, 1.165) is 50.3 Å². The predicted molar refractivity (Wildman–Crippen MR) is 170 cm³/mol. The topological polar surface area (TPSA) is 110 Å². The van der Waals surface area contributed by atoms with Crippen molar-refractivity contribution in [2.45, 2.75) is 46.8 Å². The van der Waals surface area contributed by atoms with Crippen molar-refractivity contribution in [3.63, 3.8) is 0 Å². The zero-order valence-corrected chi connectivity index (χ0v) is 26.0. The molecule has 230 valence electrons. The van der Waals surface area contributed by atoms with Crippen LogP contribution in [-0.4, -0.2) is 35.0 Å². The Bertz CT molecular complexity index is 1710. The van der Waals surface area contributed by atoms with Gasteiger partial charge in [-0.05, 0) is 78.8 Å². The number of esters is 3. The van der Waals surface area contributed by atoms with Crippen LogP contribution in [0.4, 0.5) is 0 Å². The van der Waals surface area contributed by atoms with Gasteiger partial charge in [0.05, 0.1) is 18.6 Å². The zero-order chi connectivity index (χ0) is 32.1. The van der Waals surface area contributed by atoms with Crippen LogP contribution in [0.25, 0.3) is 0 Å². The molecule has 8 nitrogen and oxygen atoms in total. The summed E-state index contributed by atoms with van der Waals surface area (Å²) >= 11 is 0. The molecule has 8 heteroatoms. The molecule has 0 aliphatic heterocycles. The molecule has 2 aromatic heterocycles. The molecular formula is C37H36N2O6. The number of nitrogens with one attached hydrogen (secondary N) is 2. The number of H-pyrrole nitrogens is 2. The van der Waals surface area contributed by atoms with E-state index in [1.807, 2.05) is 100 Å². The monoisotopic (exact) mass is 604 g/mol. The Kier molecular flexibility index (Phi) is 9.33. The van der Waals surface area contributed by atoms with Crippen molar-refractivity contribution in [1.82, 2.24) is 9.97 Å². The first-order chi connectivity index (χ1) is 21.7. The van der Waals surface area contributed by atoms with Crippen LogP contribution in [0, 0.1) is 27.7 Å². The molecule has 0 bridgehead atoms. The highest BCUT2D eigenvalue weighted by Gasteiger charge is 2.30. The Hall–Kier alpha value is -5.37. The van der Waals surface area contributed by atoms with Crippen LogP contribution >= 0.6 is 0 Å². The van der Waals surface area contributed by atoms with Crippen molar-refractivity contribution in [1.29, 1.82) is 0 Å². The number of benzene rings is 3. The lowest BCUT2D eigenvalue weighted by Crippen LogP contribution is -2.11. The van der Waals surface area contributed by atoms with Crippen LogP contribution < -0.4 is 0 Å². The minimum absolute atomic E-state index is 0.147. The SMILES string of the molecule is COC(=O)c1ccc(C(c2[nH]c(C(=O)OCc3ccccc3)c(C)c2C)c2[nH]c(C(=O)OCc3ccccc3)c(C)c2C)cc1. The third kappa shape index (κ3) is 6.60. The van der Waals surface area contributed by atoms with E-state index in [4.69, 9.17) is 14.2 Å². The average Bonchev–Trinajstić information content (AvgIpc) is 3.53. The summed E-state index contributed by atoms with van der Waals surface area (Å²) in [4.78, 5) is 45.5. The maximum absolute atomic E-state index is 13.3. The summed E-state index contributed by atoms with van der Waals surface area (Å²) < 4.78 is 16.2. The predicted octanol–water partition coefficient (Wildman–Crippen LogP) is 7.26. The molecule has 0 aliphatic carbocycles. The number of hydrogen-bond donors (Lipinski definition) is 2. The molecule has 0 spiro atoms. The van der Waals surface area contributed by atoms with Gasteiger partial charge in [-0.3, -0.25) is 0 Å². The Labute approximate surface area is 262 Å². The number of rotatable bonds is 10. The van der Waals surface area contributed by atoms with Crippen molar-refractivity contribution >= 4 is 17.9 Å². The molecule has 0 amide bonds. The second kappa shape index (κ2) is 13.5. The third-order valence-corrected chi connectivity index (χ3v) is 8.28. The van der Waals surface area contributed by atoms with Gasteiger partial charge in [0.15, 0.2) is 0 Å². The highest BCUT2D eigenvalue weighted by molar-refractivity contribution is 5.91. The number of carbonyl (C=O) groups excluding carboxylic acids is 3. The maximum atomic E-state index is 13.3. The van der Waals surface area contributed by atoms with E-state index in [-0.39, 0.29) is 13.2 Å². The molecule has 0 atom stereocenters. The summed E-state index contributed by atoms with van der Waals surface area (Å²) in [5.41, 5.74) is 8.56. The van der Waals surface area contributed by atoms with Gasteiger partial charge in [0, 0.05) is 11.4 Å². The Morgan fingerprint density at radius 2 is 1.00 bits per heavy atom. The molecule has 2 heterocycles. The first kappa shape index (κ1) is 31.1. The first-order valence-electron chi connectivity index (χ1n) is 14.7. The quantitative estimate of drug-likeness (QED) is 0.128. The Balaban J connectivity index is 1.53. The largest absolute Gasteiger partial charge is 0.465 e. The van der Waals surface area contributed by atoms with Gasteiger partial charge in [-0.1, -0.05) is 72.8 Å². The number of aromatic nitrogens is 2. The highest BCUT2D eigenvalue weighted by Crippen LogP contribution is 2.38. The minimum Gasteiger partial charge on any atom is -0.465 e. The van der Waals surface area contributed by atoms with E-state index in [2.05, 4.69) is 9.97 Å². The molecular weight excluding hydrogens is 568 g/mol. The molecule has 0 unspecified atom stereocenters. The lowest BCUT2D eigenvalue weighted by molar-refractivity contribution is 0.0457. The van der Waals surface area contributed by atoms with Crippen LogP contribution in [-0.2, 0) is 27.4 Å². The summed E-state index contributed by atoms with van der Waals surface area (Å²) in [7, 11) is 1.34. The molecule has 45 heavy (non-hydrogen) atoms. The molecule has 2 N–H and O–H groups in total. The summed E-state index contributed by atoms with van der Waals surface area (Å²) in [6.07, 6.45) is 0. The first-order valence-corrected chi connectivity index (χ1v) is 14.7. The number of ether oxygens (including phenoxy) is 3. The average molecular weight is 605 g/mol. The smallest absolute Gasteiger partial charge is 0.355 e. The molecule has 0 saturated carbocycles. The second-order valence-corrected chi connectivity index (χ2v) is 11.0. The Morgan fingerprint density at radius 1 is 0.578 bits per heavy atom. The van der Waals surface area contributed by atoms with Crippen molar-refractivity contribution in [2.75, 3.05) is 7.11 Å². The highest BCUT2D eigenvalue weighted by atomic mass is 16.5. The molecule has 0 fully saturated rings. The fourth-order valence-corrected chi connectivity index (χ4v) is 5.41. The van der Waals surface area contributed by atoms with Gasteiger partial charge in [-0.15, -0.1) is 0 Å². The number of aromatic amines is 2. The van der Waals surface area contributed by atoms with Crippen LogP contribution in [0.15, 0.2) is 84.9 Å². The van der Waals surface area contributed by atoms with Crippen molar-refractivity contribution in [3.05, 3.63) is 152 Å². The van der Waals surface area contributed by atoms with E-state index in [0.29, 0.717) is 17.0 Å². The van der Waals surface area contributed by atoms with Gasteiger partial charge in [-0.25, -0.2) is 14.4 Å².